The third-order valence-corrected chi connectivity index (χ3v) is 3.59. The van der Waals surface area contributed by atoms with Crippen molar-refractivity contribution in [2.75, 3.05) is 13.1 Å². The lowest BCUT2D eigenvalue weighted by Crippen LogP contribution is -2.17. The lowest BCUT2D eigenvalue weighted by molar-refractivity contribution is 0.104. The number of thiophene rings is 1. The van der Waals surface area contributed by atoms with Gasteiger partial charge in [0.05, 0.1) is 4.88 Å². The van der Waals surface area contributed by atoms with Gasteiger partial charge in [-0.25, -0.2) is 0 Å². The molecule has 1 saturated heterocycles. The summed E-state index contributed by atoms with van der Waals surface area (Å²) in [4.78, 5) is 14.9. The van der Waals surface area contributed by atoms with Crippen molar-refractivity contribution < 1.29 is 4.79 Å². The minimum Gasteiger partial charge on any atom is -0.375 e. The first kappa shape index (κ1) is 10.4. The number of carbonyl (C=O) groups is 1. The van der Waals surface area contributed by atoms with Gasteiger partial charge >= 0.3 is 0 Å². The molecule has 15 heavy (non-hydrogen) atoms. The van der Waals surface area contributed by atoms with Crippen molar-refractivity contribution in [1.82, 2.24) is 4.90 Å². The summed E-state index contributed by atoms with van der Waals surface area (Å²) in [6.07, 6.45) is 4.26. The van der Waals surface area contributed by atoms with E-state index in [1.807, 2.05) is 24.4 Å². The van der Waals surface area contributed by atoms with Crippen molar-refractivity contribution in [3.05, 3.63) is 34.2 Å². The fourth-order valence-electron chi connectivity index (χ4n) is 1.84. The number of allylic oxidation sites excluding steroid dienone is 2. The molecule has 1 aromatic rings. The lowest BCUT2D eigenvalue weighted by atomic mass is 10.2. The Balaban J connectivity index is 2.05. The van der Waals surface area contributed by atoms with Crippen molar-refractivity contribution in [1.29, 1.82) is 0 Å². The summed E-state index contributed by atoms with van der Waals surface area (Å²) in [6, 6.07) is 3.79. The molecule has 3 heteroatoms. The second-order valence-electron chi connectivity index (χ2n) is 3.82. The van der Waals surface area contributed by atoms with Crippen LogP contribution in [0.1, 0.15) is 29.4 Å². The van der Waals surface area contributed by atoms with E-state index in [2.05, 4.69) is 4.90 Å². The Bertz CT molecular complexity index is 361. The zero-order valence-electron chi connectivity index (χ0n) is 8.90. The number of rotatable bonds is 3. The van der Waals surface area contributed by atoms with Gasteiger partial charge in [0.2, 0.25) is 0 Å². The molecule has 80 valence electrons. The summed E-state index contributed by atoms with van der Waals surface area (Å²) in [5, 5.41) is 1.94. The fraction of sp³-hybridized carbons (Fsp3) is 0.417. The van der Waals surface area contributed by atoms with Crippen molar-refractivity contribution in [3.8, 4) is 0 Å². The highest BCUT2D eigenvalue weighted by molar-refractivity contribution is 7.12. The summed E-state index contributed by atoms with van der Waals surface area (Å²) in [5.41, 5.74) is 1.10. The van der Waals surface area contributed by atoms with Crippen molar-refractivity contribution >= 4 is 17.1 Å². The van der Waals surface area contributed by atoms with Crippen LogP contribution in [0.25, 0.3) is 0 Å². The largest absolute Gasteiger partial charge is 0.375 e. The van der Waals surface area contributed by atoms with Gasteiger partial charge in [-0.1, -0.05) is 6.07 Å². The molecule has 0 saturated carbocycles. The second-order valence-corrected chi connectivity index (χ2v) is 4.77. The maximum atomic E-state index is 11.8. The van der Waals surface area contributed by atoms with Crippen LogP contribution in [0.5, 0.6) is 0 Å². The first-order chi connectivity index (χ1) is 7.27. The van der Waals surface area contributed by atoms with Gasteiger partial charge in [-0.15, -0.1) is 11.3 Å². The zero-order chi connectivity index (χ0) is 10.7. The first-order valence-electron chi connectivity index (χ1n) is 5.28. The molecule has 1 aliphatic rings. The first-order valence-corrected chi connectivity index (χ1v) is 6.16. The number of likely N-dealkylation sites (tertiary alicyclic amines) is 1. The van der Waals surface area contributed by atoms with Crippen LogP contribution < -0.4 is 0 Å². The molecule has 0 bridgehead atoms. The third kappa shape index (κ3) is 2.48. The van der Waals surface area contributed by atoms with Crippen molar-refractivity contribution in [2.24, 2.45) is 0 Å². The molecule has 2 heterocycles. The summed E-state index contributed by atoms with van der Waals surface area (Å²) in [5.74, 6) is 0.134. The Morgan fingerprint density at radius 3 is 2.80 bits per heavy atom. The van der Waals surface area contributed by atoms with Crippen molar-refractivity contribution in [2.45, 2.75) is 19.8 Å². The minimum absolute atomic E-state index is 0.134. The van der Waals surface area contributed by atoms with E-state index in [1.165, 1.54) is 24.2 Å². The quantitative estimate of drug-likeness (QED) is 0.578. The van der Waals surface area contributed by atoms with Gasteiger partial charge in [0.25, 0.3) is 0 Å². The normalized spacial score (nSPS) is 17.1. The molecule has 0 aliphatic carbocycles. The molecule has 0 unspecified atom stereocenters. The van der Waals surface area contributed by atoms with E-state index in [-0.39, 0.29) is 5.78 Å². The van der Waals surface area contributed by atoms with Crippen LogP contribution in [0.15, 0.2) is 29.3 Å². The molecular weight excluding hydrogens is 206 g/mol. The number of nitrogens with zero attached hydrogens (tertiary/aromatic N) is 1. The van der Waals surface area contributed by atoms with Crippen molar-refractivity contribution in [3.63, 3.8) is 0 Å². The predicted octanol–water partition coefficient (Wildman–Crippen LogP) is 2.93. The van der Waals surface area contributed by atoms with Gasteiger partial charge in [0, 0.05) is 24.9 Å². The van der Waals surface area contributed by atoms with Crippen LogP contribution in [-0.4, -0.2) is 23.8 Å². The summed E-state index contributed by atoms with van der Waals surface area (Å²) in [7, 11) is 0. The molecule has 2 rings (SSSR count). The Morgan fingerprint density at radius 2 is 2.20 bits per heavy atom. The molecule has 0 N–H and O–H groups in total. The summed E-state index contributed by atoms with van der Waals surface area (Å²) >= 11 is 1.50. The molecule has 1 aliphatic heterocycles. The van der Waals surface area contributed by atoms with Crippen LogP contribution in [-0.2, 0) is 0 Å². The molecule has 0 spiro atoms. The Labute approximate surface area is 94.2 Å². The van der Waals surface area contributed by atoms with Gasteiger partial charge in [-0.05, 0) is 31.2 Å². The molecule has 1 fully saturated rings. The molecule has 1 aromatic heterocycles. The Kier molecular flexibility index (Phi) is 3.21. The Hall–Kier alpha value is -1.09. The standard InChI is InChI=1S/C12H15NOS/c1-10(13-6-2-3-7-13)9-11(14)12-5-4-8-15-12/h4-5,8-9H,2-3,6-7H2,1H3. The third-order valence-electron chi connectivity index (χ3n) is 2.71. The summed E-state index contributed by atoms with van der Waals surface area (Å²) in [6.45, 7) is 4.22. The Morgan fingerprint density at radius 1 is 1.47 bits per heavy atom. The molecule has 0 atom stereocenters. The van der Waals surface area contributed by atoms with Gasteiger partial charge < -0.3 is 4.90 Å². The topological polar surface area (TPSA) is 20.3 Å². The number of hydrogen-bond acceptors (Lipinski definition) is 3. The highest BCUT2D eigenvalue weighted by atomic mass is 32.1. The van der Waals surface area contributed by atoms with E-state index in [0.29, 0.717) is 0 Å². The monoisotopic (exact) mass is 221 g/mol. The second kappa shape index (κ2) is 4.62. The van der Waals surface area contributed by atoms with Gasteiger partial charge in [-0.3, -0.25) is 4.79 Å². The average Bonchev–Trinajstić information content (AvgIpc) is 2.91. The number of ketones is 1. The number of hydrogen-bond donors (Lipinski definition) is 0. The highest BCUT2D eigenvalue weighted by Crippen LogP contribution is 2.16. The van der Waals surface area contributed by atoms with Crippen LogP contribution in [0.3, 0.4) is 0 Å². The lowest BCUT2D eigenvalue weighted by Gasteiger charge is -2.17. The van der Waals surface area contributed by atoms with E-state index >= 15 is 0 Å². The molecule has 0 radical (unpaired) electrons. The maximum absolute atomic E-state index is 11.8. The molecular formula is C12H15NOS. The maximum Gasteiger partial charge on any atom is 0.197 e. The van der Waals surface area contributed by atoms with Crippen LogP contribution in [0.4, 0.5) is 0 Å². The predicted molar refractivity (Wildman–Crippen MR) is 63.2 cm³/mol. The van der Waals surface area contributed by atoms with Crippen LogP contribution >= 0.6 is 11.3 Å². The smallest absolute Gasteiger partial charge is 0.197 e. The molecule has 0 aromatic carbocycles. The van der Waals surface area contributed by atoms with Crippen LogP contribution in [0.2, 0.25) is 0 Å². The van der Waals surface area contributed by atoms with E-state index in [0.717, 1.165) is 23.7 Å². The van der Waals surface area contributed by atoms with Gasteiger partial charge in [-0.2, -0.15) is 0 Å². The zero-order valence-corrected chi connectivity index (χ0v) is 9.72. The molecule has 2 nitrogen and oxygen atoms in total. The molecule has 0 amide bonds. The number of carbonyl (C=O) groups excluding carboxylic acids is 1. The van der Waals surface area contributed by atoms with E-state index < -0.39 is 0 Å². The van der Waals surface area contributed by atoms with Gasteiger partial charge in [0.15, 0.2) is 5.78 Å². The average molecular weight is 221 g/mol. The van der Waals surface area contributed by atoms with E-state index in [9.17, 15) is 4.79 Å². The fourth-order valence-corrected chi connectivity index (χ4v) is 2.48. The van der Waals surface area contributed by atoms with Gasteiger partial charge in [0.1, 0.15) is 0 Å². The SMILES string of the molecule is CC(=CC(=O)c1cccs1)N1CCCC1. The van der Waals surface area contributed by atoms with E-state index in [1.54, 1.807) is 6.08 Å². The van der Waals surface area contributed by atoms with E-state index in [4.69, 9.17) is 0 Å². The minimum atomic E-state index is 0.134. The summed E-state index contributed by atoms with van der Waals surface area (Å²) < 4.78 is 0. The highest BCUT2D eigenvalue weighted by Gasteiger charge is 2.13. The van der Waals surface area contributed by atoms with Crippen LogP contribution in [0, 0.1) is 0 Å².